The van der Waals surface area contributed by atoms with Crippen LogP contribution in [0.4, 0.5) is 17.1 Å². The Morgan fingerprint density at radius 3 is 2.42 bits per heavy atom. The van der Waals surface area contributed by atoms with Crippen molar-refractivity contribution in [3.63, 3.8) is 0 Å². The van der Waals surface area contributed by atoms with Crippen LogP contribution in [0.15, 0.2) is 71.3 Å². The Labute approximate surface area is 180 Å². The minimum atomic E-state index is -0.236. The molecule has 160 valence electrons. The van der Waals surface area contributed by atoms with Crippen LogP contribution in [0.3, 0.4) is 0 Å². The third kappa shape index (κ3) is 6.20. The summed E-state index contributed by atoms with van der Waals surface area (Å²) < 4.78 is 5.20. The number of nitrogens with one attached hydrogen (secondary N) is 3. The molecule has 0 spiro atoms. The first-order valence-corrected chi connectivity index (χ1v) is 9.71. The quantitative estimate of drug-likeness (QED) is 0.519. The highest BCUT2D eigenvalue weighted by Gasteiger charge is 2.09. The Morgan fingerprint density at radius 2 is 1.74 bits per heavy atom. The molecule has 3 N–H and O–H groups in total. The van der Waals surface area contributed by atoms with Crippen molar-refractivity contribution in [1.29, 1.82) is 0 Å². The van der Waals surface area contributed by atoms with Crippen LogP contribution in [0.25, 0.3) is 0 Å². The van der Waals surface area contributed by atoms with Crippen molar-refractivity contribution < 1.29 is 18.8 Å². The molecule has 0 radical (unpaired) electrons. The SMILES string of the molecule is CC(=O)N(C)c1ccc(NC(=O)CNc2cccc(C(=O)NCc3ccco3)c2)cc1. The Balaban J connectivity index is 1.50. The second-order valence-corrected chi connectivity index (χ2v) is 6.87. The Morgan fingerprint density at radius 1 is 0.968 bits per heavy atom. The maximum atomic E-state index is 12.3. The number of benzene rings is 2. The third-order valence-corrected chi connectivity index (χ3v) is 4.59. The smallest absolute Gasteiger partial charge is 0.251 e. The first-order valence-electron chi connectivity index (χ1n) is 9.71. The number of carbonyl (C=O) groups excluding carboxylic acids is 3. The highest BCUT2D eigenvalue weighted by molar-refractivity contribution is 5.96. The molecule has 1 aromatic heterocycles. The number of furan rings is 1. The van der Waals surface area contributed by atoms with Crippen LogP contribution in [0, 0.1) is 0 Å². The maximum Gasteiger partial charge on any atom is 0.251 e. The number of hydrogen-bond acceptors (Lipinski definition) is 5. The van der Waals surface area contributed by atoms with Gasteiger partial charge in [-0.15, -0.1) is 0 Å². The van der Waals surface area contributed by atoms with E-state index in [-0.39, 0.29) is 24.3 Å². The number of hydrogen-bond donors (Lipinski definition) is 3. The van der Waals surface area contributed by atoms with Gasteiger partial charge in [0.15, 0.2) is 0 Å². The third-order valence-electron chi connectivity index (χ3n) is 4.59. The van der Waals surface area contributed by atoms with Crippen molar-refractivity contribution in [3.8, 4) is 0 Å². The number of carbonyl (C=O) groups is 3. The standard InChI is InChI=1S/C23H24N4O4/c1-16(28)27(2)20-10-8-18(9-11-20)26-22(29)15-24-19-6-3-5-17(13-19)23(30)25-14-21-7-4-12-31-21/h3-13,24H,14-15H2,1-2H3,(H,25,30)(H,26,29). The number of anilines is 3. The van der Waals surface area contributed by atoms with Gasteiger partial charge < -0.3 is 25.3 Å². The lowest BCUT2D eigenvalue weighted by Crippen LogP contribution is -2.24. The van der Waals surface area contributed by atoms with Gasteiger partial charge in [0.25, 0.3) is 5.91 Å². The summed E-state index contributed by atoms with van der Waals surface area (Å²) in [5, 5.41) is 8.58. The Kier molecular flexibility index (Phi) is 7.05. The van der Waals surface area contributed by atoms with Crippen molar-refractivity contribution >= 4 is 34.8 Å². The average Bonchev–Trinajstić information content (AvgIpc) is 3.30. The van der Waals surface area contributed by atoms with Gasteiger partial charge >= 0.3 is 0 Å². The van der Waals surface area contributed by atoms with E-state index >= 15 is 0 Å². The first-order chi connectivity index (χ1) is 14.9. The molecule has 0 aliphatic rings. The normalized spacial score (nSPS) is 10.3. The monoisotopic (exact) mass is 420 g/mol. The van der Waals surface area contributed by atoms with Crippen LogP contribution in [0.1, 0.15) is 23.0 Å². The van der Waals surface area contributed by atoms with E-state index in [4.69, 9.17) is 4.42 Å². The summed E-state index contributed by atoms with van der Waals surface area (Å²) in [5.74, 6) is 0.124. The first kappa shape index (κ1) is 21.6. The molecule has 0 bridgehead atoms. The van der Waals surface area contributed by atoms with Gasteiger partial charge in [0.05, 0.1) is 19.4 Å². The topological polar surface area (TPSA) is 104 Å². The summed E-state index contributed by atoms with van der Waals surface area (Å²) in [4.78, 5) is 37.5. The molecule has 0 aliphatic carbocycles. The van der Waals surface area contributed by atoms with Gasteiger partial charge in [0, 0.05) is 36.6 Å². The summed E-state index contributed by atoms with van der Waals surface area (Å²) >= 11 is 0. The molecule has 1 heterocycles. The molecule has 3 rings (SSSR count). The van der Waals surface area contributed by atoms with Crippen LogP contribution < -0.4 is 20.9 Å². The van der Waals surface area contributed by atoms with Gasteiger partial charge in [0.1, 0.15) is 5.76 Å². The molecule has 8 heteroatoms. The fourth-order valence-corrected chi connectivity index (χ4v) is 2.79. The Hall–Kier alpha value is -4.07. The van der Waals surface area contributed by atoms with E-state index in [2.05, 4.69) is 16.0 Å². The van der Waals surface area contributed by atoms with Crippen molar-refractivity contribution in [2.45, 2.75) is 13.5 Å². The molecule has 0 fully saturated rings. The van der Waals surface area contributed by atoms with E-state index in [0.717, 1.165) is 5.69 Å². The van der Waals surface area contributed by atoms with E-state index in [0.29, 0.717) is 29.2 Å². The zero-order chi connectivity index (χ0) is 22.2. The molecule has 8 nitrogen and oxygen atoms in total. The lowest BCUT2D eigenvalue weighted by molar-refractivity contribution is -0.116. The summed E-state index contributed by atoms with van der Waals surface area (Å²) in [7, 11) is 1.69. The molecule has 3 aromatic rings. The van der Waals surface area contributed by atoms with E-state index < -0.39 is 0 Å². The molecule has 0 saturated heterocycles. The van der Waals surface area contributed by atoms with Crippen LogP contribution in [-0.2, 0) is 16.1 Å². The Bertz CT molecular complexity index is 1050. The largest absolute Gasteiger partial charge is 0.467 e. The zero-order valence-corrected chi connectivity index (χ0v) is 17.3. The maximum absolute atomic E-state index is 12.3. The molecule has 31 heavy (non-hydrogen) atoms. The summed E-state index contributed by atoms with van der Waals surface area (Å²) in [6.07, 6.45) is 1.55. The van der Waals surface area contributed by atoms with Gasteiger partial charge in [-0.3, -0.25) is 14.4 Å². The van der Waals surface area contributed by atoms with Crippen LogP contribution in [-0.4, -0.2) is 31.3 Å². The highest BCUT2D eigenvalue weighted by atomic mass is 16.3. The van der Waals surface area contributed by atoms with E-state index in [1.54, 1.807) is 74.0 Å². The van der Waals surface area contributed by atoms with E-state index in [1.165, 1.54) is 11.8 Å². The molecule has 0 aliphatic heterocycles. The van der Waals surface area contributed by atoms with E-state index in [9.17, 15) is 14.4 Å². The zero-order valence-electron chi connectivity index (χ0n) is 17.3. The average molecular weight is 420 g/mol. The van der Waals surface area contributed by atoms with Gasteiger partial charge in [0.2, 0.25) is 11.8 Å². The van der Waals surface area contributed by atoms with E-state index in [1.807, 2.05) is 0 Å². The van der Waals surface area contributed by atoms with Gasteiger partial charge in [-0.05, 0) is 54.6 Å². The fourth-order valence-electron chi connectivity index (χ4n) is 2.79. The number of nitrogens with zero attached hydrogens (tertiary/aromatic N) is 1. The molecule has 2 aromatic carbocycles. The molecular weight excluding hydrogens is 396 g/mol. The summed E-state index contributed by atoms with van der Waals surface area (Å²) in [5.41, 5.74) is 2.49. The fraction of sp³-hybridized carbons (Fsp3) is 0.174. The number of amides is 3. The van der Waals surface area contributed by atoms with Gasteiger partial charge in [-0.2, -0.15) is 0 Å². The van der Waals surface area contributed by atoms with Crippen molar-refractivity contribution in [2.24, 2.45) is 0 Å². The molecule has 0 saturated carbocycles. The summed E-state index contributed by atoms with van der Waals surface area (Å²) in [6, 6.07) is 17.4. The highest BCUT2D eigenvalue weighted by Crippen LogP contribution is 2.17. The van der Waals surface area contributed by atoms with Gasteiger partial charge in [-0.25, -0.2) is 0 Å². The van der Waals surface area contributed by atoms with Crippen molar-refractivity contribution in [3.05, 3.63) is 78.3 Å². The lowest BCUT2D eigenvalue weighted by Gasteiger charge is -2.15. The minimum Gasteiger partial charge on any atom is -0.467 e. The minimum absolute atomic E-state index is 0.0343. The predicted molar refractivity (Wildman–Crippen MR) is 119 cm³/mol. The van der Waals surface area contributed by atoms with Crippen LogP contribution in [0.2, 0.25) is 0 Å². The van der Waals surface area contributed by atoms with Crippen LogP contribution in [0.5, 0.6) is 0 Å². The molecule has 3 amide bonds. The molecule has 0 atom stereocenters. The second-order valence-electron chi connectivity index (χ2n) is 6.87. The van der Waals surface area contributed by atoms with Crippen LogP contribution >= 0.6 is 0 Å². The number of rotatable bonds is 8. The van der Waals surface area contributed by atoms with Crippen molar-refractivity contribution in [1.82, 2.24) is 5.32 Å². The lowest BCUT2D eigenvalue weighted by atomic mass is 10.2. The van der Waals surface area contributed by atoms with Crippen molar-refractivity contribution in [2.75, 3.05) is 29.1 Å². The predicted octanol–water partition coefficient (Wildman–Crippen LogP) is 3.24. The molecule has 0 unspecified atom stereocenters. The molecular formula is C23H24N4O4. The second kappa shape index (κ2) is 10.1. The van der Waals surface area contributed by atoms with Gasteiger partial charge in [-0.1, -0.05) is 6.07 Å². The summed E-state index contributed by atoms with van der Waals surface area (Å²) in [6.45, 7) is 1.82.